The van der Waals surface area contributed by atoms with Crippen molar-refractivity contribution >= 4 is 23.0 Å². The summed E-state index contributed by atoms with van der Waals surface area (Å²) in [5.41, 5.74) is 2.17. The molecule has 1 atom stereocenters. The highest BCUT2D eigenvalue weighted by molar-refractivity contribution is 6.33. The number of nitriles is 1. The molecule has 0 heterocycles. The lowest BCUT2D eigenvalue weighted by atomic mass is 10.1. The summed E-state index contributed by atoms with van der Waals surface area (Å²) in [7, 11) is 0. The molecule has 2 rings (SSSR count). The summed E-state index contributed by atoms with van der Waals surface area (Å²) >= 11 is 6.04. The molecule has 0 saturated heterocycles. The highest BCUT2D eigenvalue weighted by Gasteiger charge is 2.12. The van der Waals surface area contributed by atoms with E-state index in [0.29, 0.717) is 16.3 Å². The van der Waals surface area contributed by atoms with Gasteiger partial charge in [-0.1, -0.05) is 23.7 Å². The van der Waals surface area contributed by atoms with Gasteiger partial charge in [-0.05, 0) is 30.7 Å². The van der Waals surface area contributed by atoms with Crippen molar-refractivity contribution in [1.29, 1.82) is 5.26 Å². The summed E-state index contributed by atoms with van der Waals surface area (Å²) in [4.78, 5) is 10.2. The first-order valence-electron chi connectivity index (χ1n) is 6.22. The van der Waals surface area contributed by atoms with Crippen molar-refractivity contribution in [3.05, 3.63) is 68.7 Å². The first-order valence-corrected chi connectivity index (χ1v) is 6.59. The molecule has 0 aliphatic carbocycles. The molecule has 0 saturated carbocycles. The Morgan fingerprint density at radius 3 is 2.48 bits per heavy atom. The van der Waals surface area contributed by atoms with Gasteiger partial charge in [-0.15, -0.1) is 0 Å². The highest BCUT2D eigenvalue weighted by Crippen LogP contribution is 2.29. The zero-order valence-electron chi connectivity index (χ0n) is 11.2. The molecule has 0 aromatic heterocycles. The number of rotatable bonds is 4. The van der Waals surface area contributed by atoms with Gasteiger partial charge >= 0.3 is 0 Å². The van der Waals surface area contributed by atoms with E-state index in [1.807, 2.05) is 19.1 Å². The van der Waals surface area contributed by atoms with Gasteiger partial charge in [-0.2, -0.15) is 5.26 Å². The zero-order chi connectivity index (χ0) is 15.4. The molecule has 6 heteroatoms. The molecule has 0 fully saturated rings. The maximum Gasteiger partial charge on any atom is 0.271 e. The number of nitrogens with one attached hydrogen (secondary N) is 1. The number of non-ortho nitro benzene ring substituents is 1. The van der Waals surface area contributed by atoms with E-state index in [2.05, 4.69) is 11.4 Å². The molecule has 2 aromatic rings. The monoisotopic (exact) mass is 301 g/mol. The molecule has 5 nitrogen and oxygen atoms in total. The summed E-state index contributed by atoms with van der Waals surface area (Å²) in [6.07, 6.45) is 0. The van der Waals surface area contributed by atoms with Crippen LogP contribution in [0.25, 0.3) is 0 Å². The second-order valence-corrected chi connectivity index (χ2v) is 4.93. The number of benzene rings is 2. The van der Waals surface area contributed by atoms with Gasteiger partial charge in [0.2, 0.25) is 0 Å². The molecule has 0 spiro atoms. The third kappa shape index (κ3) is 3.50. The molecule has 1 N–H and O–H groups in total. The number of hydrogen-bond acceptors (Lipinski definition) is 4. The summed E-state index contributed by atoms with van der Waals surface area (Å²) in [5, 5.41) is 22.9. The van der Waals surface area contributed by atoms with Crippen LogP contribution in [0.4, 0.5) is 11.4 Å². The van der Waals surface area contributed by atoms with Gasteiger partial charge in [0, 0.05) is 18.2 Å². The van der Waals surface area contributed by atoms with Crippen molar-refractivity contribution in [2.45, 2.75) is 13.0 Å². The smallest absolute Gasteiger partial charge is 0.271 e. The van der Waals surface area contributed by atoms with Gasteiger partial charge in [-0.25, -0.2) is 0 Å². The van der Waals surface area contributed by atoms with Crippen LogP contribution in [0.2, 0.25) is 5.02 Å². The Morgan fingerprint density at radius 1 is 1.29 bits per heavy atom. The molecule has 2 aromatic carbocycles. The van der Waals surface area contributed by atoms with Crippen molar-refractivity contribution in [3.63, 3.8) is 0 Å². The summed E-state index contributed by atoms with van der Waals surface area (Å²) in [6, 6.07) is 13.5. The van der Waals surface area contributed by atoms with E-state index in [-0.39, 0.29) is 11.7 Å². The molecular formula is C15H12ClN3O2. The molecule has 0 radical (unpaired) electrons. The van der Waals surface area contributed by atoms with Crippen LogP contribution < -0.4 is 5.32 Å². The minimum absolute atomic E-state index is 0.0447. The van der Waals surface area contributed by atoms with E-state index in [1.165, 1.54) is 12.1 Å². The Bertz CT molecular complexity index is 708. The lowest BCUT2D eigenvalue weighted by Gasteiger charge is -2.16. The average Bonchev–Trinajstić information content (AvgIpc) is 2.49. The Morgan fingerprint density at radius 2 is 1.95 bits per heavy atom. The van der Waals surface area contributed by atoms with Crippen LogP contribution in [-0.2, 0) is 0 Å². The van der Waals surface area contributed by atoms with Gasteiger partial charge < -0.3 is 5.32 Å². The van der Waals surface area contributed by atoms with E-state index < -0.39 is 4.92 Å². The molecule has 0 amide bonds. The Kier molecular flexibility index (Phi) is 4.41. The molecular weight excluding hydrogens is 290 g/mol. The van der Waals surface area contributed by atoms with Gasteiger partial charge in [0.25, 0.3) is 5.69 Å². The average molecular weight is 302 g/mol. The SMILES string of the molecule is C[C@@H](Nc1ccc([N+](=O)[O-])cc1Cl)c1ccc(C#N)cc1. The summed E-state index contributed by atoms with van der Waals surface area (Å²) in [6.45, 7) is 1.94. The largest absolute Gasteiger partial charge is 0.377 e. The number of anilines is 1. The Labute approximate surface area is 126 Å². The maximum atomic E-state index is 10.7. The molecule has 0 unspecified atom stereocenters. The van der Waals surface area contributed by atoms with Crippen LogP contribution in [0.5, 0.6) is 0 Å². The van der Waals surface area contributed by atoms with Gasteiger partial charge in [-0.3, -0.25) is 10.1 Å². The van der Waals surface area contributed by atoms with Gasteiger partial charge in [0.1, 0.15) is 0 Å². The first-order chi connectivity index (χ1) is 10.0. The zero-order valence-corrected chi connectivity index (χ0v) is 12.0. The van der Waals surface area contributed by atoms with Crippen molar-refractivity contribution < 1.29 is 4.92 Å². The summed E-state index contributed by atoms with van der Waals surface area (Å²) < 4.78 is 0. The standard InChI is InChI=1S/C15H12ClN3O2/c1-10(12-4-2-11(9-17)3-5-12)18-15-7-6-13(19(20)21)8-14(15)16/h2-8,10,18H,1H3/t10-/m1/s1. The third-order valence-electron chi connectivity index (χ3n) is 3.08. The lowest BCUT2D eigenvalue weighted by Crippen LogP contribution is -2.07. The fourth-order valence-corrected chi connectivity index (χ4v) is 2.13. The van der Waals surface area contributed by atoms with E-state index in [4.69, 9.17) is 16.9 Å². The minimum atomic E-state index is -0.486. The Balaban J connectivity index is 2.17. The second-order valence-electron chi connectivity index (χ2n) is 4.52. The van der Waals surface area contributed by atoms with E-state index in [0.717, 1.165) is 5.56 Å². The van der Waals surface area contributed by atoms with E-state index in [1.54, 1.807) is 18.2 Å². The van der Waals surface area contributed by atoms with Crippen molar-refractivity contribution in [2.24, 2.45) is 0 Å². The van der Waals surface area contributed by atoms with Crippen molar-refractivity contribution in [2.75, 3.05) is 5.32 Å². The third-order valence-corrected chi connectivity index (χ3v) is 3.39. The number of nitrogens with zero attached hydrogens (tertiary/aromatic N) is 2. The normalized spacial score (nSPS) is 11.5. The predicted molar refractivity (Wildman–Crippen MR) is 81.3 cm³/mol. The first kappa shape index (κ1) is 14.8. The fourth-order valence-electron chi connectivity index (χ4n) is 1.90. The van der Waals surface area contributed by atoms with E-state index >= 15 is 0 Å². The van der Waals surface area contributed by atoms with Crippen LogP contribution in [0, 0.1) is 21.4 Å². The number of nitro groups is 1. The molecule has 0 aliphatic heterocycles. The van der Waals surface area contributed by atoms with Crippen LogP contribution in [0.1, 0.15) is 24.1 Å². The number of nitro benzene ring substituents is 1. The summed E-state index contributed by atoms with van der Waals surface area (Å²) in [5.74, 6) is 0. The Hall–Kier alpha value is -2.58. The van der Waals surface area contributed by atoms with E-state index in [9.17, 15) is 10.1 Å². The van der Waals surface area contributed by atoms with Crippen LogP contribution in [0.15, 0.2) is 42.5 Å². The molecule has 106 valence electrons. The molecule has 0 aliphatic rings. The van der Waals surface area contributed by atoms with Crippen molar-refractivity contribution in [1.82, 2.24) is 0 Å². The number of halogens is 1. The van der Waals surface area contributed by atoms with Crippen LogP contribution in [0.3, 0.4) is 0 Å². The second kappa shape index (κ2) is 6.25. The lowest BCUT2D eigenvalue weighted by molar-refractivity contribution is -0.384. The van der Waals surface area contributed by atoms with Crippen LogP contribution >= 0.6 is 11.6 Å². The molecule has 21 heavy (non-hydrogen) atoms. The maximum absolute atomic E-state index is 10.7. The topological polar surface area (TPSA) is 79.0 Å². The van der Waals surface area contributed by atoms with Gasteiger partial charge in [0.05, 0.1) is 27.3 Å². The quantitative estimate of drug-likeness (QED) is 0.674. The fraction of sp³-hybridized carbons (Fsp3) is 0.133. The van der Waals surface area contributed by atoms with Gasteiger partial charge in [0.15, 0.2) is 0 Å². The van der Waals surface area contributed by atoms with Crippen LogP contribution in [-0.4, -0.2) is 4.92 Å². The van der Waals surface area contributed by atoms with Crippen molar-refractivity contribution in [3.8, 4) is 6.07 Å². The molecule has 0 bridgehead atoms. The minimum Gasteiger partial charge on any atom is -0.377 e. The highest BCUT2D eigenvalue weighted by atomic mass is 35.5. The predicted octanol–water partition coefficient (Wildman–Crippen LogP) is 4.29. The number of hydrogen-bond donors (Lipinski definition) is 1.